The Balaban J connectivity index is 1.48. The Morgan fingerprint density at radius 1 is 1.10 bits per heavy atom. The molecule has 0 radical (unpaired) electrons. The van der Waals surface area contributed by atoms with Crippen LogP contribution in [0.2, 0.25) is 0 Å². The van der Waals surface area contributed by atoms with E-state index in [2.05, 4.69) is 15.1 Å². The number of nitrogens with one attached hydrogen (secondary N) is 1. The number of H-pyrrole nitrogens is 1. The summed E-state index contributed by atoms with van der Waals surface area (Å²) in [5.74, 6) is 1.26. The van der Waals surface area contributed by atoms with Crippen molar-refractivity contribution in [2.45, 2.75) is 20.5 Å². The van der Waals surface area contributed by atoms with E-state index in [0.717, 1.165) is 22.2 Å². The van der Waals surface area contributed by atoms with Crippen LogP contribution in [0.3, 0.4) is 0 Å². The van der Waals surface area contributed by atoms with Gasteiger partial charge in [0.25, 0.3) is 5.89 Å². The van der Waals surface area contributed by atoms with Crippen molar-refractivity contribution in [3.05, 3.63) is 59.1 Å². The quantitative estimate of drug-likeness (QED) is 0.478. The fourth-order valence-electron chi connectivity index (χ4n) is 3.20. The van der Waals surface area contributed by atoms with Crippen molar-refractivity contribution >= 4 is 16.9 Å². The molecule has 0 bridgehead atoms. The second-order valence-corrected chi connectivity index (χ2v) is 6.79. The van der Waals surface area contributed by atoms with Crippen LogP contribution >= 0.6 is 0 Å². The van der Waals surface area contributed by atoms with Gasteiger partial charge in [0.2, 0.25) is 5.82 Å². The minimum absolute atomic E-state index is 0.131. The maximum Gasteiger partial charge on any atom is 0.338 e. The van der Waals surface area contributed by atoms with Gasteiger partial charge in [0.1, 0.15) is 11.5 Å². The van der Waals surface area contributed by atoms with Gasteiger partial charge in [0.05, 0.1) is 25.3 Å². The van der Waals surface area contributed by atoms with Crippen LogP contribution in [0.1, 0.15) is 27.5 Å². The molecule has 0 amide bonds. The number of carbonyl (C=O) groups excluding carboxylic acids is 1. The summed E-state index contributed by atoms with van der Waals surface area (Å²) in [6.45, 7) is 3.88. The number of aryl methyl sites for hydroxylation is 2. The number of hydrogen-bond donors (Lipinski definition) is 1. The van der Waals surface area contributed by atoms with E-state index < -0.39 is 5.97 Å². The third-order valence-corrected chi connectivity index (χ3v) is 4.99. The lowest BCUT2D eigenvalue weighted by Gasteiger charge is -2.07. The predicted molar refractivity (Wildman–Crippen MR) is 110 cm³/mol. The Kier molecular flexibility index (Phi) is 5.14. The minimum atomic E-state index is -0.461. The van der Waals surface area contributed by atoms with Crippen molar-refractivity contribution in [2.24, 2.45) is 0 Å². The number of aromatic nitrogens is 3. The standard InChI is InChI=1S/C22H21N3O5/c1-12-13(2)23-18-8-5-14(9-17(12)18)22(26)29-11-20-24-21(25-30-20)16-7-6-15(27-3)10-19(16)28-4/h5-10,23H,11H2,1-4H3. The fourth-order valence-corrected chi connectivity index (χ4v) is 3.20. The molecule has 0 aliphatic carbocycles. The van der Waals surface area contributed by atoms with Crippen molar-refractivity contribution < 1.29 is 23.5 Å². The van der Waals surface area contributed by atoms with Crippen molar-refractivity contribution in [3.8, 4) is 22.9 Å². The molecule has 0 fully saturated rings. The second-order valence-electron chi connectivity index (χ2n) is 6.79. The number of rotatable bonds is 6. The Morgan fingerprint density at radius 3 is 2.70 bits per heavy atom. The summed E-state index contributed by atoms with van der Waals surface area (Å²) in [5, 5.41) is 4.95. The van der Waals surface area contributed by atoms with Crippen LogP contribution < -0.4 is 9.47 Å². The molecule has 8 nitrogen and oxygen atoms in total. The van der Waals surface area contributed by atoms with Gasteiger partial charge >= 0.3 is 5.97 Å². The molecular formula is C22H21N3O5. The SMILES string of the molecule is COc1ccc(-c2noc(COC(=O)c3ccc4[nH]c(C)c(C)c4c3)n2)c(OC)c1. The first-order chi connectivity index (χ1) is 14.5. The lowest BCUT2D eigenvalue weighted by Crippen LogP contribution is -2.05. The molecule has 0 aliphatic rings. The third kappa shape index (κ3) is 3.59. The maximum absolute atomic E-state index is 12.5. The monoisotopic (exact) mass is 407 g/mol. The summed E-state index contributed by atoms with van der Waals surface area (Å²) >= 11 is 0. The average Bonchev–Trinajstić information content (AvgIpc) is 3.35. The lowest BCUT2D eigenvalue weighted by atomic mass is 10.1. The molecule has 0 atom stereocenters. The topological polar surface area (TPSA) is 99.5 Å². The zero-order valence-electron chi connectivity index (χ0n) is 17.1. The first kappa shape index (κ1) is 19.5. The van der Waals surface area contributed by atoms with Crippen molar-refractivity contribution in [1.82, 2.24) is 15.1 Å². The third-order valence-electron chi connectivity index (χ3n) is 4.99. The number of benzene rings is 2. The van der Waals surface area contributed by atoms with E-state index in [9.17, 15) is 4.79 Å². The van der Waals surface area contributed by atoms with Crippen LogP contribution in [0.4, 0.5) is 0 Å². The highest BCUT2D eigenvalue weighted by molar-refractivity contribution is 5.96. The van der Waals surface area contributed by atoms with E-state index in [-0.39, 0.29) is 12.5 Å². The molecule has 2 aromatic carbocycles. The van der Waals surface area contributed by atoms with Crippen LogP contribution in [0.25, 0.3) is 22.3 Å². The van der Waals surface area contributed by atoms with Gasteiger partial charge in [-0.1, -0.05) is 5.16 Å². The summed E-state index contributed by atoms with van der Waals surface area (Å²) in [6.07, 6.45) is 0. The molecule has 4 rings (SSSR count). The van der Waals surface area contributed by atoms with Crippen molar-refractivity contribution in [2.75, 3.05) is 14.2 Å². The van der Waals surface area contributed by atoms with Gasteiger partial charge in [-0.15, -0.1) is 0 Å². The van der Waals surface area contributed by atoms with Crippen LogP contribution in [-0.2, 0) is 11.3 Å². The molecule has 0 spiro atoms. The van der Waals surface area contributed by atoms with Gasteiger partial charge in [0, 0.05) is 22.7 Å². The van der Waals surface area contributed by atoms with Gasteiger partial charge in [-0.05, 0) is 49.7 Å². The minimum Gasteiger partial charge on any atom is -0.497 e. The van der Waals surface area contributed by atoms with E-state index in [1.807, 2.05) is 26.0 Å². The summed E-state index contributed by atoms with van der Waals surface area (Å²) in [5.41, 5.74) is 4.26. The summed E-state index contributed by atoms with van der Waals surface area (Å²) in [6, 6.07) is 10.7. The molecule has 4 aromatic rings. The smallest absolute Gasteiger partial charge is 0.338 e. The second kappa shape index (κ2) is 7.90. The van der Waals surface area contributed by atoms with Crippen LogP contribution in [0.15, 0.2) is 40.9 Å². The van der Waals surface area contributed by atoms with Crippen LogP contribution in [0.5, 0.6) is 11.5 Å². The first-order valence-electron chi connectivity index (χ1n) is 9.31. The fraction of sp³-hybridized carbons (Fsp3) is 0.227. The van der Waals surface area contributed by atoms with Gasteiger partial charge in [-0.3, -0.25) is 0 Å². The zero-order chi connectivity index (χ0) is 21.3. The lowest BCUT2D eigenvalue weighted by molar-refractivity contribution is 0.0430. The number of carbonyl (C=O) groups is 1. The van der Waals surface area contributed by atoms with Gasteiger partial charge in [-0.2, -0.15) is 4.98 Å². The molecule has 0 saturated carbocycles. The predicted octanol–water partition coefficient (Wildman–Crippen LogP) is 4.21. The van der Waals surface area contributed by atoms with Crippen LogP contribution in [-0.4, -0.2) is 35.3 Å². The molecule has 0 unspecified atom stereocenters. The Labute approximate surface area is 172 Å². The number of hydrogen-bond acceptors (Lipinski definition) is 7. The summed E-state index contributed by atoms with van der Waals surface area (Å²) in [4.78, 5) is 20.1. The first-order valence-corrected chi connectivity index (χ1v) is 9.31. The number of aromatic amines is 1. The highest BCUT2D eigenvalue weighted by atomic mass is 16.6. The number of nitrogens with zero attached hydrogens (tertiary/aromatic N) is 2. The Hall–Kier alpha value is -3.81. The zero-order valence-corrected chi connectivity index (χ0v) is 17.1. The number of esters is 1. The van der Waals surface area contributed by atoms with Crippen molar-refractivity contribution in [1.29, 1.82) is 0 Å². The molecule has 2 heterocycles. The number of fused-ring (bicyclic) bond motifs is 1. The Morgan fingerprint density at radius 2 is 1.93 bits per heavy atom. The molecular weight excluding hydrogens is 386 g/mol. The molecule has 30 heavy (non-hydrogen) atoms. The van der Waals surface area contributed by atoms with E-state index >= 15 is 0 Å². The maximum atomic E-state index is 12.5. The number of methoxy groups -OCH3 is 2. The molecule has 1 N–H and O–H groups in total. The van der Waals surface area contributed by atoms with E-state index in [4.69, 9.17) is 18.7 Å². The normalized spacial score (nSPS) is 10.9. The molecule has 0 aliphatic heterocycles. The molecule has 0 saturated heterocycles. The van der Waals surface area contributed by atoms with Gasteiger partial charge in [0.15, 0.2) is 6.61 Å². The molecule has 8 heteroatoms. The van der Waals surface area contributed by atoms with Crippen molar-refractivity contribution in [3.63, 3.8) is 0 Å². The average molecular weight is 407 g/mol. The van der Waals surface area contributed by atoms with Gasteiger partial charge in [-0.25, -0.2) is 4.79 Å². The van der Waals surface area contributed by atoms with Crippen LogP contribution in [0, 0.1) is 13.8 Å². The highest BCUT2D eigenvalue weighted by Crippen LogP contribution is 2.31. The van der Waals surface area contributed by atoms with E-state index in [1.165, 1.54) is 0 Å². The summed E-state index contributed by atoms with van der Waals surface area (Å²) in [7, 11) is 3.12. The van der Waals surface area contributed by atoms with E-state index in [1.54, 1.807) is 38.5 Å². The largest absolute Gasteiger partial charge is 0.497 e. The van der Waals surface area contributed by atoms with E-state index in [0.29, 0.717) is 28.5 Å². The molecule has 154 valence electrons. The van der Waals surface area contributed by atoms with Gasteiger partial charge < -0.3 is 23.7 Å². The number of ether oxygens (including phenoxy) is 3. The summed E-state index contributed by atoms with van der Waals surface area (Å²) < 4.78 is 21.1. The molecule has 2 aromatic heterocycles. The Bertz CT molecular complexity index is 1220. The highest BCUT2D eigenvalue weighted by Gasteiger charge is 2.17.